The summed E-state index contributed by atoms with van der Waals surface area (Å²) in [7, 11) is 0. The van der Waals surface area contributed by atoms with E-state index in [1.165, 1.54) is 6.20 Å². The van der Waals surface area contributed by atoms with E-state index < -0.39 is 23.8 Å². The lowest BCUT2D eigenvalue weighted by Crippen LogP contribution is -2.37. The Hall–Kier alpha value is -2.32. The summed E-state index contributed by atoms with van der Waals surface area (Å²) in [5, 5.41) is 3.71. The lowest BCUT2D eigenvalue weighted by molar-refractivity contribution is 0.499. The molecule has 0 aliphatic rings. The molecule has 20 heavy (non-hydrogen) atoms. The van der Waals surface area contributed by atoms with Crippen LogP contribution in [0.25, 0.3) is 0 Å². The SMILES string of the molecule is Cc1cn(N=Cc2c(F)cccc2[B-](F)(F)F)c(N)n1. The predicted octanol–water partition coefficient (Wildman–Crippen LogP) is 1.85. The average molecular weight is 285 g/mol. The molecule has 0 unspecified atom stereocenters. The topological polar surface area (TPSA) is 56.2 Å². The van der Waals surface area contributed by atoms with Crippen LogP contribution in [0, 0.1) is 12.7 Å². The minimum absolute atomic E-state index is 0.00848. The van der Waals surface area contributed by atoms with Crippen LogP contribution in [-0.4, -0.2) is 22.9 Å². The first-order chi connectivity index (χ1) is 9.29. The molecule has 2 N–H and O–H groups in total. The molecule has 9 heteroatoms. The Bertz CT molecular complexity index is 663. The maximum absolute atomic E-state index is 13.6. The highest BCUT2D eigenvalue weighted by Crippen LogP contribution is 2.14. The highest BCUT2D eigenvalue weighted by atomic mass is 19.4. The van der Waals surface area contributed by atoms with Crippen molar-refractivity contribution >= 4 is 24.6 Å². The summed E-state index contributed by atoms with van der Waals surface area (Å²) in [6.07, 6.45) is 2.21. The number of anilines is 1. The number of hydrogen-bond acceptors (Lipinski definition) is 3. The van der Waals surface area contributed by atoms with Crippen LogP contribution >= 0.6 is 0 Å². The monoisotopic (exact) mass is 285 g/mol. The van der Waals surface area contributed by atoms with Gasteiger partial charge in [-0.1, -0.05) is 17.6 Å². The molecular formula is C11H10BF4N4-. The van der Waals surface area contributed by atoms with Gasteiger partial charge >= 0.3 is 6.98 Å². The van der Waals surface area contributed by atoms with Crippen molar-refractivity contribution in [1.82, 2.24) is 9.66 Å². The Balaban J connectivity index is 2.46. The van der Waals surface area contributed by atoms with E-state index in [9.17, 15) is 17.3 Å². The Labute approximate surface area is 112 Å². The van der Waals surface area contributed by atoms with Crippen LogP contribution in [0.1, 0.15) is 11.3 Å². The second-order valence-electron chi connectivity index (χ2n) is 4.15. The van der Waals surface area contributed by atoms with Gasteiger partial charge in [-0.05, 0) is 13.0 Å². The molecule has 4 nitrogen and oxygen atoms in total. The molecule has 0 radical (unpaired) electrons. The Kier molecular flexibility index (Phi) is 3.52. The van der Waals surface area contributed by atoms with E-state index in [4.69, 9.17) is 5.73 Å². The number of aryl methyl sites for hydroxylation is 1. The van der Waals surface area contributed by atoms with Crippen molar-refractivity contribution < 1.29 is 17.3 Å². The average Bonchev–Trinajstić information content (AvgIpc) is 2.65. The molecule has 0 aliphatic carbocycles. The molecule has 1 aromatic heterocycles. The molecule has 0 saturated carbocycles. The van der Waals surface area contributed by atoms with Crippen LogP contribution < -0.4 is 11.2 Å². The third kappa shape index (κ3) is 2.81. The van der Waals surface area contributed by atoms with E-state index in [0.29, 0.717) is 5.69 Å². The highest BCUT2D eigenvalue weighted by Gasteiger charge is 2.29. The summed E-state index contributed by atoms with van der Waals surface area (Å²) in [6.45, 7) is -3.68. The van der Waals surface area contributed by atoms with Crippen molar-refractivity contribution in [2.24, 2.45) is 5.10 Å². The van der Waals surface area contributed by atoms with E-state index in [-0.39, 0.29) is 5.95 Å². The number of imidazole rings is 1. The molecule has 0 amide bonds. The van der Waals surface area contributed by atoms with E-state index >= 15 is 0 Å². The van der Waals surface area contributed by atoms with Crippen LogP contribution in [-0.2, 0) is 0 Å². The minimum atomic E-state index is -5.33. The second-order valence-corrected chi connectivity index (χ2v) is 4.15. The maximum Gasteiger partial charge on any atom is 0.510 e. The summed E-state index contributed by atoms with van der Waals surface area (Å²) >= 11 is 0. The van der Waals surface area contributed by atoms with Crippen molar-refractivity contribution in [3.8, 4) is 0 Å². The molecule has 0 spiro atoms. The van der Waals surface area contributed by atoms with Crippen molar-refractivity contribution in [3.63, 3.8) is 0 Å². The van der Waals surface area contributed by atoms with E-state index in [1.807, 2.05) is 0 Å². The number of hydrogen-bond donors (Lipinski definition) is 1. The summed E-state index contributed by atoms with van der Waals surface area (Å²) in [4.78, 5) is 3.83. The highest BCUT2D eigenvalue weighted by molar-refractivity contribution is 6.74. The van der Waals surface area contributed by atoms with Crippen molar-refractivity contribution in [2.45, 2.75) is 6.92 Å². The van der Waals surface area contributed by atoms with Crippen molar-refractivity contribution in [1.29, 1.82) is 0 Å². The number of rotatable bonds is 3. The lowest BCUT2D eigenvalue weighted by Gasteiger charge is -2.17. The van der Waals surface area contributed by atoms with Crippen LogP contribution in [0.4, 0.5) is 23.3 Å². The summed E-state index contributed by atoms with van der Waals surface area (Å²) < 4.78 is 53.1. The van der Waals surface area contributed by atoms with Gasteiger partial charge in [-0.2, -0.15) is 5.10 Å². The van der Waals surface area contributed by atoms with Crippen LogP contribution in [0.5, 0.6) is 0 Å². The van der Waals surface area contributed by atoms with Crippen molar-refractivity contribution in [3.05, 3.63) is 41.5 Å². The lowest BCUT2D eigenvalue weighted by atomic mass is 9.77. The van der Waals surface area contributed by atoms with E-state index in [0.717, 1.165) is 29.1 Å². The Morgan fingerprint density at radius 1 is 1.35 bits per heavy atom. The Morgan fingerprint density at radius 3 is 2.60 bits per heavy atom. The van der Waals surface area contributed by atoms with Gasteiger partial charge in [0.2, 0.25) is 5.95 Å². The fourth-order valence-corrected chi connectivity index (χ4v) is 1.69. The number of aromatic nitrogens is 2. The predicted molar refractivity (Wildman–Crippen MR) is 69.5 cm³/mol. The van der Waals surface area contributed by atoms with Crippen LogP contribution in [0.3, 0.4) is 0 Å². The molecule has 2 rings (SSSR count). The molecule has 0 bridgehead atoms. The third-order valence-corrected chi connectivity index (χ3v) is 2.59. The fraction of sp³-hybridized carbons (Fsp3) is 0.0909. The number of nitrogen functional groups attached to an aromatic ring is 1. The van der Waals surface area contributed by atoms with Crippen LogP contribution in [0.2, 0.25) is 0 Å². The molecule has 0 atom stereocenters. The maximum atomic E-state index is 13.6. The van der Waals surface area contributed by atoms with Crippen molar-refractivity contribution in [2.75, 3.05) is 5.73 Å². The second kappa shape index (κ2) is 4.99. The van der Waals surface area contributed by atoms with Gasteiger partial charge < -0.3 is 18.7 Å². The zero-order valence-corrected chi connectivity index (χ0v) is 10.4. The molecule has 2 aromatic rings. The van der Waals surface area contributed by atoms with Gasteiger partial charge in [-0.25, -0.2) is 14.1 Å². The number of nitrogens with zero attached hydrogens (tertiary/aromatic N) is 3. The molecule has 106 valence electrons. The number of benzene rings is 1. The first kappa shape index (κ1) is 14.1. The normalized spacial score (nSPS) is 12.2. The molecular weight excluding hydrogens is 275 g/mol. The Morgan fingerprint density at radius 2 is 2.05 bits per heavy atom. The first-order valence-corrected chi connectivity index (χ1v) is 5.63. The van der Waals surface area contributed by atoms with Gasteiger partial charge in [-0.15, -0.1) is 0 Å². The third-order valence-electron chi connectivity index (χ3n) is 2.59. The summed E-state index contributed by atoms with van der Waals surface area (Å²) in [5.74, 6) is -0.991. The zero-order valence-electron chi connectivity index (χ0n) is 10.4. The molecule has 1 heterocycles. The molecule has 0 aliphatic heterocycles. The minimum Gasteiger partial charge on any atom is -0.445 e. The first-order valence-electron chi connectivity index (χ1n) is 5.63. The van der Waals surface area contributed by atoms with E-state index in [2.05, 4.69) is 10.1 Å². The molecule has 0 fully saturated rings. The van der Waals surface area contributed by atoms with Gasteiger partial charge in [0.15, 0.2) is 0 Å². The molecule has 1 aromatic carbocycles. The van der Waals surface area contributed by atoms with Crippen LogP contribution in [0.15, 0.2) is 29.5 Å². The van der Waals surface area contributed by atoms with E-state index in [1.54, 1.807) is 6.92 Å². The quantitative estimate of drug-likeness (QED) is 0.531. The van der Waals surface area contributed by atoms with Gasteiger partial charge in [0.25, 0.3) is 0 Å². The smallest absolute Gasteiger partial charge is 0.445 e. The molecule has 0 saturated heterocycles. The number of halogens is 4. The van der Waals surface area contributed by atoms with Gasteiger partial charge in [0.05, 0.1) is 18.1 Å². The standard InChI is InChI=1S/C11H10BF4N4/c1-7-6-20(11(17)19-7)18-5-8-9(12(14,15)16)3-2-4-10(8)13/h2-6H,1H3,(H2,17,19)/q-1. The summed E-state index contributed by atoms with van der Waals surface area (Å²) in [5.41, 5.74) is 4.39. The van der Waals surface area contributed by atoms with Gasteiger partial charge in [0, 0.05) is 5.56 Å². The fourth-order valence-electron chi connectivity index (χ4n) is 1.69. The van der Waals surface area contributed by atoms with Gasteiger partial charge in [0.1, 0.15) is 5.82 Å². The number of nitrogens with two attached hydrogens (primary N) is 1. The largest absolute Gasteiger partial charge is 0.510 e. The zero-order chi connectivity index (χ0) is 14.9. The van der Waals surface area contributed by atoms with Gasteiger partial charge in [-0.3, -0.25) is 0 Å². The summed E-state index contributed by atoms with van der Waals surface area (Å²) in [6, 6.07) is 2.76.